The summed E-state index contributed by atoms with van der Waals surface area (Å²) >= 11 is 0. The summed E-state index contributed by atoms with van der Waals surface area (Å²) in [5.41, 5.74) is 0.569. The summed E-state index contributed by atoms with van der Waals surface area (Å²) in [5, 5.41) is 0. The van der Waals surface area contributed by atoms with Crippen LogP contribution < -0.4 is 4.90 Å². The van der Waals surface area contributed by atoms with Gasteiger partial charge in [0.2, 0.25) is 0 Å². The number of rotatable bonds is 4. The lowest BCUT2D eigenvalue weighted by Crippen LogP contribution is -2.47. The Balaban J connectivity index is 1.58. The number of piperidine rings is 1. The van der Waals surface area contributed by atoms with E-state index in [0.29, 0.717) is 11.7 Å². The molecule has 5 nitrogen and oxygen atoms in total. The number of hydrogen-bond acceptors (Lipinski definition) is 5. The molecule has 0 spiro atoms. The predicted octanol–water partition coefficient (Wildman–Crippen LogP) is 2.67. The molecule has 0 aliphatic carbocycles. The van der Waals surface area contributed by atoms with E-state index in [2.05, 4.69) is 33.5 Å². The number of nitrogens with zero attached hydrogens (tertiary/aromatic N) is 4. The van der Waals surface area contributed by atoms with Crippen molar-refractivity contribution in [2.24, 2.45) is 0 Å². The van der Waals surface area contributed by atoms with Gasteiger partial charge in [-0.3, -0.25) is 9.69 Å². The highest BCUT2D eigenvalue weighted by Gasteiger charge is 2.27. The Kier molecular flexibility index (Phi) is 6.07. The van der Waals surface area contributed by atoms with E-state index in [-0.39, 0.29) is 5.78 Å². The summed E-state index contributed by atoms with van der Waals surface area (Å²) < 4.78 is 0. The smallest absolute Gasteiger partial charge is 0.178 e. The number of aromatic nitrogens is 1. The van der Waals surface area contributed by atoms with Crippen molar-refractivity contribution in [2.45, 2.75) is 52.1 Å². The summed E-state index contributed by atoms with van der Waals surface area (Å²) in [6, 6.07) is 7.18. The predicted molar refractivity (Wildman–Crippen MR) is 102 cm³/mol. The van der Waals surface area contributed by atoms with Gasteiger partial charge in [-0.15, -0.1) is 0 Å². The molecule has 25 heavy (non-hydrogen) atoms. The Hall–Kier alpha value is -1.46. The first-order valence-electron chi connectivity index (χ1n) is 9.75. The lowest BCUT2D eigenvalue weighted by atomic mass is 10.0. The monoisotopic (exact) mass is 344 g/mol. The Morgan fingerprint density at radius 2 is 1.84 bits per heavy atom. The van der Waals surface area contributed by atoms with Crippen molar-refractivity contribution < 1.29 is 4.79 Å². The van der Waals surface area contributed by atoms with Gasteiger partial charge >= 0.3 is 0 Å². The minimum atomic E-state index is 0.0372. The number of Topliss-reactive ketones (excluding diaryl/α,β-unsaturated/α-hetero) is 1. The van der Waals surface area contributed by atoms with Crippen molar-refractivity contribution in [1.29, 1.82) is 0 Å². The third kappa shape index (κ3) is 4.59. The van der Waals surface area contributed by atoms with E-state index in [1.165, 1.54) is 32.5 Å². The SMILES string of the molecule is CC(=O)c1cccc(N2CCCN(C3CCN(C(C)C)CC3)CC2)n1. The molecule has 0 atom stereocenters. The zero-order valence-electron chi connectivity index (χ0n) is 15.9. The average molecular weight is 345 g/mol. The van der Waals surface area contributed by atoms with Gasteiger partial charge in [-0.05, 0) is 58.3 Å². The zero-order chi connectivity index (χ0) is 17.8. The van der Waals surface area contributed by atoms with Crippen LogP contribution in [0.2, 0.25) is 0 Å². The standard InChI is InChI=1S/C20H32N4O/c1-16(2)22-12-8-18(9-13-22)23-10-5-11-24(15-14-23)20-7-4-6-19(21-20)17(3)25/h4,6-7,16,18H,5,8-15H2,1-3H3. The van der Waals surface area contributed by atoms with Gasteiger partial charge in [0.1, 0.15) is 11.5 Å². The number of carbonyl (C=O) groups excluding carboxylic acids is 1. The fourth-order valence-corrected chi connectivity index (χ4v) is 4.09. The quantitative estimate of drug-likeness (QED) is 0.786. The van der Waals surface area contributed by atoms with Crippen LogP contribution >= 0.6 is 0 Å². The minimum Gasteiger partial charge on any atom is -0.355 e. The summed E-state index contributed by atoms with van der Waals surface area (Å²) in [6.07, 6.45) is 3.74. The number of pyridine rings is 1. The van der Waals surface area contributed by atoms with Gasteiger partial charge in [0, 0.05) is 45.2 Å². The molecule has 5 heteroatoms. The molecule has 2 fully saturated rings. The molecule has 3 rings (SSSR count). The minimum absolute atomic E-state index is 0.0372. The molecule has 0 aromatic carbocycles. The van der Waals surface area contributed by atoms with E-state index in [1.54, 1.807) is 13.0 Å². The lowest BCUT2D eigenvalue weighted by Gasteiger charge is -2.39. The lowest BCUT2D eigenvalue weighted by molar-refractivity contribution is 0.0965. The summed E-state index contributed by atoms with van der Waals surface area (Å²) in [5.74, 6) is 0.986. The number of ketones is 1. The van der Waals surface area contributed by atoms with Crippen LogP contribution in [-0.2, 0) is 0 Å². The fraction of sp³-hybridized carbons (Fsp3) is 0.700. The second kappa shape index (κ2) is 8.28. The number of likely N-dealkylation sites (tertiary alicyclic amines) is 1. The van der Waals surface area contributed by atoms with Crippen LogP contribution in [0, 0.1) is 0 Å². The van der Waals surface area contributed by atoms with Gasteiger partial charge in [-0.25, -0.2) is 4.98 Å². The summed E-state index contributed by atoms with van der Waals surface area (Å²) in [4.78, 5) is 23.8. The fourth-order valence-electron chi connectivity index (χ4n) is 4.09. The topological polar surface area (TPSA) is 39.7 Å². The van der Waals surface area contributed by atoms with Crippen molar-refractivity contribution in [3.63, 3.8) is 0 Å². The van der Waals surface area contributed by atoms with Gasteiger partial charge in [0.15, 0.2) is 5.78 Å². The van der Waals surface area contributed by atoms with E-state index in [4.69, 9.17) is 0 Å². The maximum absolute atomic E-state index is 11.6. The van der Waals surface area contributed by atoms with Crippen LogP contribution in [0.3, 0.4) is 0 Å². The molecule has 1 aromatic rings. The number of anilines is 1. The van der Waals surface area contributed by atoms with E-state index in [9.17, 15) is 4.79 Å². The molecule has 0 amide bonds. The third-order valence-electron chi connectivity index (χ3n) is 5.70. The molecular weight excluding hydrogens is 312 g/mol. The van der Waals surface area contributed by atoms with Crippen molar-refractivity contribution >= 4 is 11.6 Å². The van der Waals surface area contributed by atoms with Crippen molar-refractivity contribution in [2.75, 3.05) is 44.2 Å². The van der Waals surface area contributed by atoms with Crippen LogP contribution in [-0.4, -0.2) is 71.9 Å². The Bertz CT molecular complexity index is 581. The molecule has 3 heterocycles. The molecule has 2 aliphatic heterocycles. The maximum atomic E-state index is 11.6. The molecule has 2 saturated heterocycles. The maximum Gasteiger partial charge on any atom is 0.178 e. The van der Waals surface area contributed by atoms with Crippen molar-refractivity contribution in [3.8, 4) is 0 Å². The third-order valence-corrected chi connectivity index (χ3v) is 5.70. The number of hydrogen-bond donors (Lipinski definition) is 0. The second-order valence-corrected chi connectivity index (χ2v) is 7.67. The molecule has 0 unspecified atom stereocenters. The van der Waals surface area contributed by atoms with E-state index >= 15 is 0 Å². The molecule has 0 N–H and O–H groups in total. The van der Waals surface area contributed by atoms with Gasteiger partial charge in [0.05, 0.1) is 0 Å². The highest BCUT2D eigenvalue weighted by atomic mass is 16.1. The Morgan fingerprint density at radius 1 is 1.08 bits per heavy atom. The van der Waals surface area contributed by atoms with Crippen LogP contribution in [0.5, 0.6) is 0 Å². The van der Waals surface area contributed by atoms with Crippen LogP contribution in [0.15, 0.2) is 18.2 Å². The molecule has 138 valence electrons. The van der Waals surface area contributed by atoms with Crippen molar-refractivity contribution in [3.05, 3.63) is 23.9 Å². The van der Waals surface area contributed by atoms with Gasteiger partial charge in [-0.1, -0.05) is 6.07 Å². The van der Waals surface area contributed by atoms with Gasteiger partial charge in [-0.2, -0.15) is 0 Å². The van der Waals surface area contributed by atoms with E-state index in [1.807, 2.05) is 12.1 Å². The van der Waals surface area contributed by atoms with E-state index in [0.717, 1.165) is 37.9 Å². The molecule has 0 radical (unpaired) electrons. The molecule has 1 aromatic heterocycles. The van der Waals surface area contributed by atoms with Crippen molar-refractivity contribution in [1.82, 2.24) is 14.8 Å². The van der Waals surface area contributed by atoms with Crippen LogP contribution in [0.4, 0.5) is 5.82 Å². The van der Waals surface area contributed by atoms with E-state index < -0.39 is 0 Å². The first kappa shape index (κ1) is 18.3. The zero-order valence-corrected chi connectivity index (χ0v) is 15.9. The molecule has 0 bridgehead atoms. The summed E-state index contributed by atoms with van der Waals surface area (Å²) in [6.45, 7) is 12.9. The molecule has 0 saturated carbocycles. The van der Waals surface area contributed by atoms with Gasteiger partial charge in [0.25, 0.3) is 0 Å². The normalized spacial score (nSPS) is 21.5. The summed E-state index contributed by atoms with van der Waals surface area (Å²) in [7, 11) is 0. The second-order valence-electron chi connectivity index (χ2n) is 7.67. The first-order valence-corrected chi connectivity index (χ1v) is 9.75. The highest BCUT2D eigenvalue weighted by Crippen LogP contribution is 2.21. The Labute approximate surface area is 152 Å². The Morgan fingerprint density at radius 3 is 2.52 bits per heavy atom. The number of carbonyl (C=O) groups is 1. The molecular formula is C20H32N4O. The average Bonchev–Trinajstić information content (AvgIpc) is 2.88. The molecule has 2 aliphatic rings. The van der Waals surface area contributed by atoms with Crippen LogP contribution in [0.25, 0.3) is 0 Å². The first-order chi connectivity index (χ1) is 12.0. The highest BCUT2D eigenvalue weighted by molar-refractivity contribution is 5.92. The largest absolute Gasteiger partial charge is 0.355 e. The van der Waals surface area contributed by atoms with Gasteiger partial charge < -0.3 is 9.80 Å². The van der Waals surface area contributed by atoms with Crippen LogP contribution in [0.1, 0.15) is 50.5 Å².